The standard InChI is InChI=1S/C24H23NO5S/c1-3-12-29-17-9-7-16(8-10-17)22(26)20-21(19-11-6-15(2)30-19)25(24(28)23(20)27)14-18-5-4-13-31-18/h4-11,13,21,26H,3,12,14H2,1-2H3/b22-20-. The van der Waals surface area contributed by atoms with Gasteiger partial charge in [-0.1, -0.05) is 13.0 Å². The summed E-state index contributed by atoms with van der Waals surface area (Å²) in [5.74, 6) is 0.172. The van der Waals surface area contributed by atoms with Crippen molar-refractivity contribution in [3.05, 3.63) is 81.4 Å². The first-order valence-corrected chi connectivity index (χ1v) is 11.0. The molecule has 6 nitrogen and oxygen atoms in total. The van der Waals surface area contributed by atoms with Gasteiger partial charge in [0.1, 0.15) is 29.1 Å². The molecule has 3 aromatic rings. The second kappa shape index (κ2) is 8.81. The average molecular weight is 438 g/mol. The van der Waals surface area contributed by atoms with Gasteiger partial charge < -0.3 is 19.2 Å². The van der Waals surface area contributed by atoms with Crippen LogP contribution in [-0.2, 0) is 16.1 Å². The molecular formula is C24H23NO5S. The number of amides is 1. The van der Waals surface area contributed by atoms with E-state index in [1.165, 1.54) is 16.2 Å². The molecular weight excluding hydrogens is 414 g/mol. The van der Waals surface area contributed by atoms with Crippen molar-refractivity contribution in [3.8, 4) is 5.75 Å². The third-order valence-electron chi connectivity index (χ3n) is 5.08. The highest BCUT2D eigenvalue weighted by Gasteiger charge is 2.47. The zero-order valence-corrected chi connectivity index (χ0v) is 18.1. The molecule has 1 atom stereocenters. The number of ketones is 1. The quantitative estimate of drug-likeness (QED) is 0.317. The van der Waals surface area contributed by atoms with Crippen LogP contribution in [0.1, 0.15) is 41.3 Å². The van der Waals surface area contributed by atoms with E-state index in [2.05, 4.69) is 0 Å². The van der Waals surface area contributed by atoms with Gasteiger partial charge in [-0.05, 0) is 61.2 Å². The molecule has 4 rings (SSSR count). The summed E-state index contributed by atoms with van der Waals surface area (Å²) in [7, 11) is 0. The number of carbonyl (C=O) groups is 2. The molecule has 1 N–H and O–H groups in total. The Kier molecular flexibility index (Phi) is 5.95. The van der Waals surface area contributed by atoms with Gasteiger partial charge in [0.2, 0.25) is 0 Å². The molecule has 1 aliphatic heterocycles. The van der Waals surface area contributed by atoms with Crippen LogP contribution in [0.2, 0.25) is 0 Å². The van der Waals surface area contributed by atoms with Gasteiger partial charge in [0, 0.05) is 10.4 Å². The predicted molar refractivity (Wildman–Crippen MR) is 118 cm³/mol. The fraction of sp³-hybridized carbons (Fsp3) is 0.250. The third-order valence-corrected chi connectivity index (χ3v) is 5.94. The normalized spacial score (nSPS) is 18.0. The van der Waals surface area contributed by atoms with Gasteiger partial charge in [0.25, 0.3) is 11.7 Å². The van der Waals surface area contributed by atoms with Crippen LogP contribution in [0.25, 0.3) is 5.76 Å². The van der Waals surface area contributed by atoms with Crippen molar-refractivity contribution in [1.82, 2.24) is 4.90 Å². The summed E-state index contributed by atoms with van der Waals surface area (Å²) < 4.78 is 11.4. The number of aliphatic hydroxyl groups is 1. The van der Waals surface area contributed by atoms with Gasteiger partial charge in [-0.2, -0.15) is 0 Å². The van der Waals surface area contributed by atoms with Gasteiger partial charge in [-0.3, -0.25) is 9.59 Å². The molecule has 2 aromatic heterocycles. The summed E-state index contributed by atoms with van der Waals surface area (Å²) in [6, 6.07) is 13.3. The van der Waals surface area contributed by atoms with E-state index in [1.807, 2.05) is 24.4 Å². The first kappa shape index (κ1) is 20.9. The van der Waals surface area contributed by atoms with E-state index in [1.54, 1.807) is 43.3 Å². The van der Waals surface area contributed by atoms with Crippen molar-refractivity contribution in [1.29, 1.82) is 0 Å². The summed E-state index contributed by atoms with van der Waals surface area (Å²) in [6.07, 6.45) is 0.887. The molecule has 0 radical (unpaired) electrons. The number of furan rings is 1. The molecule has 1 aliphatic rings. The lowest BCUT2D eigenvalue weighted by atomic mass is 9.99. The van der Waals surface area contributed by atoms with E-state index in [4.69, 9.17) is 9.15 Å². The van der Waals surface area contributed by atoms with Crippen LogP contribution in [0.3, 0.4) is 0 Å². The van der Waals surface area contributed by atoms with Crippen LogP contribution in [-0.4, -0.2) is 28.3 Å². The zero-order valence-electron chi connectivity index (χ0n) is 17.3. The summed E-state index contributed by atoms with van der Waals surface area (Å²) in [4.78, 5) is 28.3. The Balaban J connectivity index is 1.76. The lowest BCUT2D eigenvalue weighted by Crippen LogP contribution is -2.28. The zero-order chi connectivity index (χ0) is 22.0. The first-order valence-electron chi connectivity index (χ1n) is 10.1. The van der Waals surface area contributed by atoms with Crippen LogP contribution >= 0.6 is 11.3 Å². The third kappa shape index (κ3) is 4.14. The fourth-order valence-electron chi connectivity index (χ4n) is 3.59. The van der Waals surface area contributed by atoms with Crippen LogP contribution in [0.15, 0.2) is 63.9 Å². The van der Waals surface area contributed by atoms with Gasteiger partial charge in [-0.15, -0.1) is 11.3 Å². The monoisotopic (exact) mass is 437 g/mol. The average Bonchev–Trinajstić information content (AvgIpc) is 3.49. The molecule has 1 unspecified atom stereocenters. The minimum atomic E-state index is -0.799. The number of aliphatic hydroxyl groups excluding tert-OH is 1. The van der Waals surface area contributed by atoms with E-state index < -0.39 is 17.7 Å². The highest BCUT2D eigenvalue weighted by Crippen LogP contribution is 2.41. The molecule has 0 spiro atoms. The van der Waals surface area contributed by atoms with Crippen LogP contribution in [0.5, 0.6) is 5.75 Å². The van der Waals surface area contributed by atoms with Crippen molar-refractivity contribution in [2.24, 2.45) is 0 Å². The van der Waals surface area contributed by atoms with E-state index >= 15 is 0 Å². The number of ether oxygens (including phenoxy) is 1. The Morgan fingerprint density at radius 2 is 1.94 bits per heavy atom. The first-order chi connectivity index (χ1) is 15.0. The number of hydrogen-bond acceptors (Lipinski definition) is 6. The molecule has 7 heteroatoms. The van der Waals surface area contributed by atoms with Crippen LogP contribution in [0, 0.1) is 6.92 Å². The molecule has 0 bridgehead atoms. The van der Waals surface area contributed by atoms with Crippen LogP contribution < -0.4 is 4.74 Å². The van der Waals surface area contributed by atoms with Gasteiger partial charge in [0.05, 0.1) is 18.7 Å². The molecule has 1 amide bonds. The summed E-state index contributed by atoms with van der Waals surface area (Å²) in [6.45, 7) is 4.67. The Labute approximate surface area is 184 Å². The van der Waals surface area contributed by atoms with E-state index in [0.717, 1.165) is 11.3 Å². The highest BCUT2D eigenvalue weighted by atomic mass is 32.1. The maximum atomic E-state index is 13.0. The summed E-state index contributed by atoms with van der Waals surface area (Å²) in [5, 5.41) is 13.0. The van der Waals surface area contributed by atoms with Crippen molar-refractivity contribution in [3.63, 3.8) is 0 Å². The van der Waals surface area contributed by atoms with E-state index in [0.29, 0.717) is 29.4 Å². The lowest BCUT2D eigenvalue weighted by molar-refractivity contribution is -0.140. The van der Waals surface area contributed by atoms with Gasteiger partial charge in [0.15, 0.2) is 0 Å². The molecule has 1 saturated heterocycles. The second-order valence-electron chi connectivity index (χ2n) is 7.33. The van der Waals surface area contributed by atoms with Gasteiger partial charge in [-0.25, -0.2) is 0 Å². The number of likely N-dealkylation sites (tertiary alicyclic amines) is 1. The number of benzene rings is 1. The molecule has 1 fully saturated rings. The number of nitrogens with zero attached hydrogens (tertiary/aromatic N) is 1. The Bertz CT molecular complexity index is 1110. The fourth-order valence-corrected chi connectivity index (χ4v) is 4.30. The van der Waals surface area contributed by atoms with Crippen LogP contribution in [0.4, 0.5) is 0 Å². The number of Topliss-reactive ketones (excluding diaryl/α,β-unsaturated/α-hetero) is 1. The summed E-state index contributed by atoms with van der Waals surface area (Å²) in [5.41, 5.74) is 0.462. The van der Waals surface area contributed by atoms with Gasteiger partial charge >= 0.3 is 0 Å². The summed E-state index contributed by atoms with van der Waals surface area (Å²) >= 11 is 1.50. The van der Waals surface area contributed by atoms with E-state index in [-0.39, 0.29) is 17.9 Å². The Hall–Kier alpha value is -3.32. The largest absolute Gasteiger partial charge is 0.507 e. The number of thiophene rings is 1. The smallest absolute Gasteiger partial charge is 0.296 e. The molecule has 0 aliphatic carbocycles. The molecule has 1 aromatic carbocycles. The number of rotatable bonds is 7. The number of carbonyl (C=O) groups excluding carboxylic acids is 2. The van der Waals surface area contributed by atoms with Crippen molar-refractivity contribution >= 4 is 28.8 Å². The minimum absolute atomic E-state index is 0.0260. The minimum Gasteiger partial charge on any atom is -0.507 e. The van der Waals surface area contributed by atoms with Crippen molar-refractivity contribution in [2.45, 2.75) is 32.9 Å². The maximum Gasteiger partial charge on any atom is 0.296 e. The molecule has 3 heterocycles. The number of hydrogen-bond donors (Lipinski definition) is 1. The molecule has 31 heavy (non-hydrogen) atoms. The molecule has 160 valence electrons. The highest BCUT2D eigenvalue weighted by molar-refractivity contribution is 7.09. The predicted octanol–water partition coefficient (Wildman–Crippen LogP) is 5.06. The van der Waals surface area contributed by atoms with Crippen molar-refractivity contribution in [2.75, 3.05) is 6.61 Å². The Morgan fingerprint density at radius 1 is 1.16 bits per heavy atom. The second-order valence-corrected chi connectivity index (χ2v) is 8.36. The Morgan fingerprint density at radius 3 is 2.55 bits per heavy atom. The lowest BCUT2D eigenvalue weighted by Gasteiger charge is -2.22. The number of aryl methyl sites for hydroxylation is 1. The SMILES string of the molecule is CCCOc1ccc(/C(O)=C2/C(=O)C(=O)N(Cc3cccs3)C2c2ccc(C)o2)cc1. The topological polar surface area (TPSA) is 80.0 Å². The van der Waals surface area contributed by atoms with Crippen molar-refractivity contribution < 1.29 is 23.8 Å². The molecule has 0 saturated carbocycles. The maximum absolute atomic E-state index is 13.0. The van der Waals surface area contributed by atoms with E-state index in [9.17, 15) is 14.7 Å².